The van der Waals surface area contributed by atoms with Crippen molar-refractivity contribution in [3.63, 3.8) is 0 Å². The van der Waals surface area contributed by atoms with Gasteiger partial charge in [-0.2, -0.15) is 0 Å². The lowest BCUT2D eigenvalue weighted by Crippen LogP contribution is -2.59. The van der Waals surface area contributed by atoms with Crippen LogP contribution < -0.4 is 29.7 Å². The molecule has 1 unspecified atom stereocenters. The SMILES string of the molecule is COc1ccc2c(OC3C[C@H]4C(=O)N[C@]5(C(=O)NS(=O)(=O)C6CC6)C[C@H]5/C=C\CCCOC[C@H](NC(=O)OC(C)(C)C)C(=O)N4C3)nc(-c3ccc(N(C)C)cc3)cc2c1. The quantitative estimate of drug-likeness (QED) is 0.262. The lowest BCUT2D eigenvalue weighted by atomic mass is 10.1. The monoisotopic (exact) mass is 846 g/mol. The largest absolute Gasteiger partial charge is 0.497 e. The van der Waals surface area contributed by atoms with Gasteiger partial charge in [0.15, 0.2) is 0 Å². The molecule has 2 aliphatic carbocycles. The maximum atomic E-state index is 14.6. The van der Waals surface area contributed by atoms with Crippen LogP contribution in [0.3, 0.4) is 0 Å². The number of hydrogen-bond donors (Lipinski definition) is 3. The van der Waals surface area contributed by atoms with E-state index in [-0.39, 0.29) is 38.5 Å². The van der Waals surface area contributed by atoms with E-state index in [1.807, 2.05) is 73.6 Å². The summed E-state index contributed by atoms with van der Waals surface area (Å²) in [6.45, 7) is 5.06. The highest BCUT2D eigenvalue weighted by Crippen LogP contribution is 2.46. The number of benzene rings is 2. The Morgan fingerprint density at radius 1 is 1.07 bits per heavy atom. The zero-order valence-electron chi connectivity index (χ0n) is 34.9. The molecule has 2 saturated carbocycles. The zero-order chi connectivity index (χ0) is 43.0. The lowest BCUT2D eigenvalue weighted by Gasteiger charge is -2.30. The summed E-state index contributed by atoms with van der Waals surface area (Å²) in [7, 11) is 1.57. The molecule has 3 heterocycles. The number of carbonyl (C=O) groups is 4. The van der Waals surface area contributed by atoms with E-state index in [1.54, 1.807) is 33.9 Å². The summed E-state index contributed by atoms with van der Waals surface area (Å²) in [5.41, 5.74) is 0.0534. The molecule has 3 fully saturated rings. The number of amides is 4. The predicted molar refractivity (Wildman–Crippen MR) is 224 cm³/mol. The highest BCUT2D eigenvalue weighted by atomic mass is 32.2. The summed E-state index contributed by atoms with van der Waals surface area (Å²) in [6, 6.07) is 12.9. The highest BCUT2D eigenvalue weighted by Gasteiger charge is 2.62. The molecule has 1 saturated heterocycles. The van der Waals surface area contributed by atoms with Gasteiger partial charge in [0.2, 0.25) is 27.7 Å². The Balaban J connectivity index is 1.23. The number of methoxy groups -OCH3 is 1. The van der Waals surface area contributed by atoms with Gasteiger partial charge in [0.25, 0.3) is 5.91 Å². The van der Waals surface area contributed by atoms with Gasteiger partial charge in [-0.15, -0.1) is 0 Å². The van der Waals surface area contributed by atoms with Crippen LogP contribution in [0.1, 0.15) is 59.3 Å². The molecule has 0 spiro atoms. The molecule has 1 aromatic heterocycles. The van der Waals surface area contributed by atoms with Gasteiger partial charge in [0, 0.05) is 49.7 Å². The fraction of sp³-hybridized carbons (Fsp3) is 0.512. The summed E-state index contributed by atoms with van der Waals surface area (Å²) < 4.78 is 51.7. The molecule has 7 rings (SSSR count). The number of pyridine rings is 1. The number of nitrogens with one attached hydrogen (secondary N) is 3. The Kier molecular flexibility index (Phi) is 12.0. The highest BCUT2D eigenvalue weighted by molar-refractivity contribution is 7.91. The third-order valence-electron chi connectivity index (χ3n) is 11.1. The van der Waals surface area contributed by atoms with Crippen LogP contribution in [0, 0.1) is 5.92 Å². The van der Waals surface area contributed by atoms with E-state index in [4.69, 9.17) is 23.9 Å². The number of nitrogens with zero attached hydrogens (tertiary/aromatic N) is 3. The van der Waals surface area contributed by atoms with E-state index in [9.17, 15) is 27.6 Å². The van der Waals surface area contributed by atoms with E-state index < -0.39 is 74.3 Å². The molecule has 3 N–H and O–H groups in total. The molecule has 5 atom stereocenters. The average Bonchev–Trinajstić information content (AvgIpc) is 4.12. The predicted octanol–water partition coefficient (Wildman–Crippen LogP) is 4.07. The molecule has 4 amide bonds. The Morgan fingerprint density at radius 3 is 2.50 bits per heavy atom. The van der Waals surface area contributed by atoms with Crippen molar-refractivity contribution in [3.8, 4) is 22.9 Å². The first kappa shape index (κ1) is 42.7. The fourth-order valence-electron chi connectivity index (χ4n) is 7.59. The first-order valence-electron chi connectivity index (χ1n) is 20.3. The van der Waals surface area contributed by atoms with Gasteiger partial charge >= 0.3 is 6.09 Å². The molecule has 4 aliphatic rings. The maximum absolute atomic E-state index is 14.6. The summed E-state index contributed by atoms with van der Waals surface area (Å²) >= 11 is 0. The van der Waals surface area contributed by atoms with E-state index in [0.717, 1.165) is 16.6 Å². The van der Waals surface area contributed by atoms with Crippen LogP contribution in [0.4, 0.5) is 10.5 Å². The van der Waals surface area contributed by atoms with Crippen molar-refractivity contribution < 1.29 is 46.5 Å². The van der Waals surface area contributed by atoms with Gasteiger partial charge in [-0.05, 0) is 94.7 Å². The number of rotatable bonds is 9. The van der Waals surface area contributed by atoms with Crippen LogP contribution in [-0.4, -0.2) is 118 Å². The number of allylic oxidation sites excluding steroid dienone is 1. The van der Waals surface area contributed by atoms with Gasteiger partial charge in [0.05, 0.1) is 31.2 Å². The van der Waals surface area contributed by atoms with Crippen LogP contribution in [0.2, 0.25) is 0 Å². The Bertz CT molecular complexity index is 2270. The number of anilines is 1. The molecule has 2 aliphatic heterocycles. The summed E-state index contributed by atoms with van der Waals surface area (Å²) in [6.07, 6.45) is 4.24. The van der Waals surface area contributed by atoms with Crippen molar-refractivity contribution in [2.75, 3.05) is 45.9 Å². The molecule has 16 nitrogen and oxygen atoms in total. The van der Waals surface area contributed by atoms with Crippen molar-refractivity contribution in [1.29, 1.82) is 0 Å². The normalized spacial score (nSPS) is 25.4. The average molecular weight is 847 g/mol. The van der Waals surface area contributed by atoms with Crippen molar-refractivity contribution in [3.05, 3.63) is 60.7 Å². The Labute approximate surface area is 350 Å². The minimum Gasteiger partial charge on any atom is -0.497 e. The Hall–Kier alpha value is -5.42. The van der Waals surface area contributed by atoms with Gasteiger partial charge < -0.3 is 39.4 Å². The van der Waals surface area contributed by atoms with Crippen molar-refractivity contribution in [1.82, 2.24) is 25.2 Å². The van der Waals surface area contributed by atoms with Crippen LogP contribution in [0.25, 0.3) is 22.0 Å². The van der Waals surface area contributed by atoms with Gasteiger partial charge in [-0.1, -0.05) is 24.3 Å². The molecule has 60 heavy (non-hydrogen) atoms. The molecule has 2 aromatic carbocycles. The smallest absolute Gasteiger partial charge is 0.408 e. The first-order valence-corrected chi connectivity index (χ1v) is 21.9. The van der Waals surface area contributed by atoms with Crippen molar-refractivity contribution in [2.45, 2.75) is 93.9 Å². The second kappa shape index (κ2) is 16.9. The van der Waals surface area contributed by atoms with Crippen LogP contribution in [-0.2, 0) is 33.9 Å². The summed E-state index contributed by atoms with van der Waals surface area (Å²) in [5.74, 6) is -1.71. The molecule has 3 aromatic rings. The number of aromatic nitrogens is 1. The molecular formula is C43H54N6O10S. The van der Waals surface area contributed by atoms with Gasteiger partial charge in [-0.3, -0.25) is 19.1 Å². The van der Waals surface area contributed by atoms with Crippen molar-refractivity contribution in [2.24, 2.45) is 5.92 Å². The molecule has 0 bridgehead atoms. The minimum absolute atomic E-state index is 0.0166. The van der Waals surface area contributed by atoms with E-state index >= 15 is 0 Å². The second-order valence-corrected chi connectivity index (χ2v) is 19.1. The van der Waals surface area contributed by atoms with Crippen LogP contribution in [0.15, 0.2) is 60.7 Å². The first-order chi connectivity index (χ1) is 28.5. The molecular weight excluding hydrogens is 793 g/mol. The molecule has 0 radical (unpaired) electrons. The number of ether oxygens (including phenoxy) is 4. The number of hydrogen-bond acceptors (Lipinski definition) is 12. The second-order valence-electron chi connectivity index (χ2n) is 17.1. The number of fused-ring (bicyclic) bond motifs is 3. The standard InChI is InChI=1S/C43H54N6O10S/c1-42(2,3)59-41(53)45-35-25-57-19-9-7-8-10-28-23-43(28,40(52)47-60(54,55)32-16-17-32)46-37(50)36-22-31(24-49(36)39(35)51)58-38-33-18-15-30(56-6)20-27(33)21-34(44-38)26-11-13-29(14-12-26)48(4)5/h8,10-15,18,20-21,28,31-32,35-36H,7,9,16-17,19,22-25H2,1-6H3,(H,45,53)(H,46,50)(H,47,52)/b10-8-/t28-,31?,35+,36+,43-/m1/s1. The van der Waals surface area contributed by atoms with Crippen LogP contribution in [0.5, 0.6) is 11.6 Å². The number of carbonyl (C=O) groups excluding carboxylic acids is 4. The third-order valence-corrected chi connectivity index (χ3v) is 12.9. The van der Waals surface area contributed by atoms with E-state index in [0.29, 0.717) is 42.5 Å². The topological polar surface area (TPSA) is 195 Å². The molecule has 322 valence electrons. The lowest BCUT2D eigenvalue weighted by molar-refractivity contribution is -0.142. The summed E-state index contributed by atoms with van der Waals surface area (Å²) in [4.78, 5) is 64.3. The maximum Gasteiger partial charge on any atom is 0.408 e. The molecule has 17 heteroatoms. The van der Waals surface area contributed by atoms with E-state index in [2.05, 4.69) is 15.4 Å². The fourth-order valence-corrected chi connectivity index (χ4v) is 8.95. The van der Waals surface area contributed by atoms with Gasteiger partial charge in [0.1, 0.15) is 35.1 Å². The Morgan fingerprint density at radius 2 is 1.82 bits per heavy atom. The third kappa shape index (κ3) is 9.62. The van der Waals surface area contributed by atoms with Crippen molar-refractivity contribution >= 4 is 50.3 Å². The van der Waals surface area contributed by atoms with E-state index in [1.165, 1.54) is 4.90 Å². The summed E-state index contributed by atoms with van der Waals surface area (Å²) in [5, 5.41) is 6.32. The number of alkyl carbamates (subject to hydrolysis) is 1. The number of sulfonamides is 1. The van der Waals surface area contributed by atoms with Crippen LogP contribution >= 0.6 is 0 Å². The zero-order valence-corrected chi connectivity index (χ0v) is 35.7. The minimum atomic E-state index is -3.93. The van der Waals surface area contributed by atoms with Gasteiger partial charge in [-0.25, -0.2) is 18.2 Å².